The molecule has 6 rings (SSSR count). The van der Waals surface area contributed by atoms with Gasteiger partial charge in [0.15, 0.2) is 21.7 Å². The van der Waals surface area contributed by atoms with Crippen LogP contribution in [0.25, 0.3) is 43.6 Å². The van der Waals surface area contributed by atoms with Gasteiger partial charge < -0.3 is 19.9 Å². The normalized spacial score (nSPS) is 11.0. The summed E-state index contributed by atoms with van der Waals surface area (Å²) in [6.07, 6.45) is 6.32. The lowest BCUT2D eigenvalue weighted by atomic mass is 10.1. The van der Waals surface area contributed by atoms with E-state index in [-0.39, 0.29) is 21.7 Å². The van der Waals surface area contributed by atoms with Crippen LogP contribution >= 0.6 is 0 Å². The highest BCUT2D eigenvalue weighted by molar-refractivity contribution is 6.03. The van der Waals surface area contributed by atoms with Gasteiger partial charge in [0.05, 0.1) is 22.1 Å². The highest BCUT2D eigenvalue weighted by Gasteiger charge is 2.06. The zero-order chi connectivity index (χ0) is 22.2. The van der Waals surface area contributed by atoms with Crippen LogP contribution in [-0.2, 0) is 0 Å². The van der Waals surface area contributed by atoms with E-state index in [2.05, 4.69) is 19.9 Å². The van der Waals surface area contributed by atoms with Gasteiger partial charge in [-0.1, -0.05) is 0 Å². The second-order valence-electron chi connectivity index (χ2n) is 7.19. The average Bonchev–Trinajstić information content (AvgIpc) is 2.80. The Morgan fingerprint density at radius 1 is 0.344 bits per heavy atom. The molecule has 0 aliphatic carbocycles. The summed E-state index contributed by atoms with van der Waals surface area (Å²) in [5, 5.41) is 2.32. The fourth-order valence-corrected chi connectivity index (χ4v) is 3.79. The summed E-state index contributed by atoms with van der Waals surface area (Å²) in [5.74, 6) is 0. The van der Waals surface area contributed by atoms with Crippen LogP contribution < -0.4 is 21.7 Å². The van der Waals surface area contributed by atoms with Crippen molar-refractivity contribution in [2.45, 2.75) is 0 Å². The van der Waals surface area contributed by atoms with E-state index in [0.717, 1.165) is 0 Å². The maximum absolute atomic E-state index is 11.6. The standard InChI is InChI=1S/2C12H8N2O2/c2*15-9-3-5-13-11-7(9)1-2-8-10(16)4-6-14-12(8)11/h2*1-6H,(H,13,15)(H,14,16). The summed E-state index contributed by atoms with van der Waals surface area (Å²) in [6.45, 7) is 0. The number of nitrogens with one attached hydrogen (secondary N) is 4. The Balaban J connectivity index is 0.000000135. The zero-order valence-corrected chi connectivity index (χ0v) is 16.6. The summed E-state index contributed by atoms with van der Waals surface area (Å²) >= 11 is 0. The van der Waals surface area contributed by atoms with Crippen LogP contribution in [-0.4, -0.2) is 19.9 Å². The van der Waals surface area contributed by atoms with E-state index < -0.39 is 0 Å². The minimum atomic E-state index is -0.0552. The number of pyridine rings is 4. The fraction of sp³-hybridized carbons (Fsp3) is 0. The van der Waals surface area contributed by atoms with Gasteiger partial charge in [0, 0.05) is 70.6 Å². The summed E-state index contributed by atoms with van der Waals surface area (Å²) in [5.41, 5.74) is 2.46. The van der Waals surface area contributed by atoms with Crippen molar-refractivity contribution in [2.24, 2.45) is 0 Å². The van der Waals surface area contributed by atoms with E-state index in [1.807, 2.05) is 0 Å². The third kappa shape index (κ3) is 3.10. The second-order valence-corrected chi connectivity index (χ2v) is 7.19. The van der Waals surface area contributed by atoms with E-state index in [9.17, 15) is 19.2 Å². The quantitative estimate of drug-likeness (QED) is 0.279. The van der Waals surface area contributed by atoms with Crippen molar-refractivity contribution in [3.05, 3.63) is 114 Å². The van der Waals surface area contributed by atoms with Crippen LogP contribution in [0.5, 0.6) is 0 Å². The van der Waals surface area contributed by atoms with Crippen LogP contribution in [0.4, 0.5) is 0 Å². The Hall–Kier alpha value is -4.72. The molecule has 4 aromatic heterocycles. The molecule has 0 aliphatic rings. The summed E-state index contributed by atoms with van der Waals surface area (Å²) in [6, 6.07) is 12.6. The molecule has 0 aliphatic heterocycles. The van der Waals surface area contributed by atoms with Gasteiger partial charge in [-0.25, -0.2) is 0 Å². The van der Waals surface area contributed by atoms with E-state index in [1.165, 1.54) is 24.3 Å². The van der Waals surface area contributed by atoms with Crippen molar-refractivity contribution in [1.29, 1.82) is 0 Å². The van der Waals surface area contributed by atoms with Crippen LogP contribution in [0.15, 0.2) is 92.5 Å². The molecule has 0 atom stereocenters. The molecule has 6 aromatic rings. The Labute approximate surface area is 178 Å². The number of fused-ring (bicyclic) bond motifs is 6. The van der Waals surface area contributed by atoms with Gasteiger partial charge in [-0.05, 0) is 24.3 Å². The molecule has 8 nitrogen and oxygen atoms in total. The van der Waals surface area contributed by atoms with Crippen molar-refractivity contribution in [2.75, 3.05) is 0 Å². The first-order valence-corrected chi connectivity index (χ1v) is 9.78. The van der Waals surface area contributed by atoms with Gasteiger partial charge >= 0.3 is 0 Å². The molecule has 8 heteroatoms. The molecule has 4 heterocycles. The van der Waals surface area contributed by atoms with E-state index >= 15 is 0 Å². The first kappa shape index (κ1) is 19.3. The van der Waals surface area contributed by atoms with Crippen molar-refractivity contribution in [3.63, 3.8) is 0 Å². The lowest BCUT2D eigenvalue weighted by Gasteiger charge is -2.01. The maximum Gasteiger partial charge on any atom is 0.189 e. The van der Waals surface area contributed by atoms with Crippen molar-refractivity contribution >= 4 is 43.6 Å². The lowest BCUT2D eigenvalue weighted by Crippen LogP contribution is -2.04. The van der Waals surface area contributed by atoms with Gasteiger partial charge in [0.25, 0.3) is 0 Å². The van der Waals surface area contributed by atoms with E-state index in [1.54, 1.807) is 49.1 Å². The number of rotatable bonds is 0. The molecule has 0 fully saturated rings. The molecule has 0 saturated carbocycles. The van der Waals surface area contributed by atoms with Crippen LogP contribution in [0, 0.1) is 0 Å². The molecule has 32 heavy (non-hydrogen) atoms. The van der Waals surface area contributed by atoms with Crippen molar-refractivity contribution < 1.29 is 0 Å². The average molecular weight is 424 g/mol. The SMILES string of the molecule is O=c1cc[nH]c2c1ccc1c(=O)cc[nH]c12.O=c1cc[nH]c2c1ccc1c(=O)cc[nH]c12. The molecule has 0 saturated heterocycles. The largest absolute Gasteiger partial charge is 0.359 e. The maximum atomic E-state index is 11.6. The minimum Gasteiger partial charge on any atom is -0.359 e. The predicted molar refractivity (Wildman–Crippen MR) is 125 cm³/mol. The highest BCUT2D eigenvalue weighted by atomic mass is 16.1. The number of aromatic nitrogens is 4. The predicted octanol–water partition coefficient (Wildman–Crippen LogP) is 2.74. The molecule has 2 aromatic carbocycles. The fourth-order valence-electron chi connectivity index (χ4n) is 3.79. The number of hydrogen-bond acceptors (Lipinski definition) is 4. The van der Waals surface area contributed by atoms with Crippen molar-refractivity contribution in [3.8, 4) is 0 Å². The van der Waals surface area contributed by atoms with Gasteiger partial charge in [0.1, 0.15) is 0 Å². The summed E-state index contributed by atoms with van der Waals surface area (Å²) < 4.78 is 0. The molecular weight excluding hydrogens is 408 g/mol. The molecule has 0 unspecified atom stereocenters. The third-order valence-corrected chi connectivity index (χ3v) is 5.32. The second kappa shape index (κ2) is 7.51. The number of H-pyrrole nitrogens is 4. The summed E-state index contributed by atoms with van der Waals surface area (Å²) in [7, 11) is 0. The monoisotopic (exact) mass is 424 g/mol. The number of aromatic amines is 4. The Morgan fingerprint density at radius 2 is 0.562 bits per heavy atom. The van der Waals surface area contributed by atoms with Gasteiger partial charge in [-0.3, -0.25) is 19.2 Å². The molecule has 0 bridgehead atoms. The molecule has 4 N–H and O–H groups in total. The highest BCUT2D eigenvalue weighted by Crippen LogP contribution is 2.17. The molecule has 0 radical (unpaired) electrons. The number of hydrogen-bond donors (Lipinski definition) is 4. The Kier molecular flexibility index (Phi) is 4.52. The van der Waals surface area contributed by atoms with Gasteiger partial charge in [-0.2, -0.15) is 0 Å². The number of benzene rings is 2. The van der Waals surface area contributed by atoms with Crippen LogP contribution in [0.3, 0.4) is 0 Å². The lowest BCUT2D eigenvalue weighted by molar-refractivity contribution is 1.35. The van der Waals surface area contributed by atoms with Crippen LogP contribution in [0.2, 0.25) is 0 Å². The molecule has 0 spiro atoms. The molecule has 0 amide bonds. The zero-order valence-electron chi connectivity index (χ0n) is 16.6. The van der Waals surface area contributed by atoms with E-state index in [0.29, 0.717) is 43.6 Å². The first-order chi connectivity index (χ1) is 15.5. The topological polar surface area (TPSA) is 131 Å². The summed E-state index contributed by atoms with van der Waals surface area (Å²) in [4.78, 5) is 58.3. The Bertz CT molecular complexity index is 1600. The minimum absolute atomic E-state index is 0.0552. The van der Waals surface area contributed by atoms with Crippen molar-refractivity contribution in [1.82, 2.24) is 19.9 Å². The van der Waals surface area contributed by atoms with Crippen LogP contribution in [0.1, 0.15) is 0 Å². The van der Waals surface area contributed by atoms with Gasteiger partial charge in [0.2, 0.25) is 0 Å². The van der Waals surface area contributed by atoms with E-state index in [4.69, 9.17) is 0 Å². The molecule has 156 valence electrons. The van der Waals surface area contributed by atoms with Gasteiger partial charge in [-0.15, -0.1) is 0 Å². The molecular formula is C24H16N4O4. The third-order valence-electron chi connectivity index (χ3n) is 5.32. The smallest absolute Gasteiger partial charge is 0.189 e. The first-order valence-electron chi connectivity index (χ1n) is 9.78. The Morgan fingerprint density at radius 3 is 0.781 bits per heavy atom.